The Labute approximate surface area is 163 Å². The quantitative estimate of drug-likeness (QED) is 0.403. The lowest BCUT2D eigenvalue weighted by atomic mass is 10.1. The third kappa shape index (κ3) is 4.24. The van der Waals surface area contributed by atoms with Crippen molar-refractivity contribution in [1.29, 1.82) is 0 Å². The number of aromatic nitrogens is 2. The highest BCUT2D eigenvalue weighted by atomic mass is 35.5. The Bertz CT molecular complexity index is 924. The van der Waals surface area contributed by atoms with E-state index in [1.54, 1.807) is 6.92 Å². The number of likely N-dealkylation sites (tertiary alicyclic amines) is 1. The van der Waals surface area contributed by atoms with Crippen LogP contribution in [0.15, 0.2) is 24.3 Å². The van der Waals surface area contributed by atoms with Gasteiger partial charge in [0.25, 0.3) is 0 Å². The molecular formula is C18H16ClF3N4O2. The molecule has 28 heavy (non-hydrogen) atoms. The summed E-state index contributed by atoms with van der Waals surface area (Å²) in [5, 5.41) is 11.1. The second-order valence-electron chi connectivity index (χ2n) is 6.35. The Kier molecular flexibility index (Phi) is 5.55. The molecule has 1 aromatic heterocycles. The third-order valence-electron chi connectivity index (χ3n) is 4.39. The molecule has 3 rings (SSSR count). The Morgan fingerprint density at radius 2 is 1.82 bits per heavy atom. The van der Waals surface area contributed by atoms with Crippen molar-refractivity contribution in [3.8, 4) is 0 Å². The van der Waals surface area contributed by atoms with Gasteiger partial charge in [0, 0.05) is 18.8 Å². The molecule has 0 amide bonds. The molecule has 2 aromatic rings. The van der Waals surface area contributed by atoms with Gasteiger partial charge in [-0.3, -0.25) is 10.1 Å². The summed E-state index contributed by atoms with van der Waals surface area (Å²) in [6.07, 6.45) is -1.11. The van der Waals surface area contributed by atoms with E-state index in [-0.39, 0.29) is 16.7 Å². The molecule has 0 unspecified atom stereocenters. The second kappa shape index (κ2) is 7.75. The van der Waals surface area contributed by atoms with E-state index in [4.69, 9.17) is 11.6 Å². The average Bonchev–Trinajstić information content (AvgIpc) is 3.12. The first-order chi connectivity index (χ1) is 13.2. The lowest BCUT2D eigenvalue weighted by Gasteiger charge is -2.22. The van der Waals surface area contributed by atoms with Crippen molar-refractivity contribution in [3.63, 3.8) is 0 Å². The lowest BCUT2D eigenvalue weighted by molar-refractivity contribution is -0.385. The summed E-state index contributed by atoms with van der Waals surface area (Å²) in [4.78, 5) is 20.7. The second-order valence-corrected chi connectivity index (χ2v) is 6.71. The molecule has 10 heteroatoms. The highest BCUT2D eigenvalue weighted by Gasteiger charge is 2.30. The van der Waals surface area contributed by atoms with Gasteiger partial charge >= 0.3 is 11.9 Å². The average molecular weight is 413 g/mol. The van der Waals surface area contributed by atoms with E-state index in [9.17, 15) is 23.3 Å². The predicted octanol–water partition coefficient (Wildman–Crippen LogP) is 4.96. The van der Waals surface area contributed by atoms with Gasteiger partial charge in [-0.25, -0.2) is 9.97 Å². The summed E-state index contributed by atoms with van der Waals surface area (Å²) >= 11 is 5.93. The van der Waals surface area contributed by atoms with Gasteiger partial charge < -0.3 is 4.90 Å². The molecule has 148 valence electrons. The maximum atomic E-state index is 12.9. The molecule has 0 aliphatic carbocycles. The van der Waals surface area contributed by atoms with Gasteiger partial charge in [0.1, 0.15) is 11.5 Å². The van der Waals surface area contributed by atoms with Crippen LogP contribution < -0.4 is 0 Å². The third-order valence-corrected chi connectivity index (χ3v) is 4.65. The maximum absolute atomic E-state index is 12.9. The number of nitro groups is 1. The fraction of sp³-hybridized carbons (Fsp3) is 0.333. The zero-order valence-corrected chi connectivity index (χ0v) is 15.6. The smallest absolute Gasteiger partial charge is 0.371 e. The Balaban J connectivity index is 2.13. The SMILES string of the molecule is Cc1nc(Cl)c([N+](=O)[O-])c(/C=C(/c2ccc(C(F)(F)F)cc2)N2CCCC2)n1. The van der Waals surface area contributed by atoms with Crippen LogP contribution in [0.2, 0.25) is 5.15 Å². The van der Waals surface area contributed by atoms with E-state index < -0.39 is 22.4 Å². The molecule has 0 N–H and O–H groups in total. The van der Waals surface area contributed by atoms with E-state index in [0.29, 0.717) is 24.4 Å². The van der Waals surface area contributed by atoms with E-state index >= 15 is 0 Å². The molecular weight excluding hydrogens is 397 g/mol. The van der Waals surface area contributed by atoms with Gasteiger partial charge in [-0.1, -0.05) is 23.7 Å². The van der Waals surface area contributed by atoms with E-state index in [1.165, 1.54) is 18.2 Å². The molecule has 1 aliphatic rings. The standard InChI is InChI=1S/C18H16ClF3N4O2/c1-11-23-14(16(26(27)28)17(19)24-11)10-15(25-8-2-3-9-25)12-4-6-13(7-5-12)18(20,21)22/h4-7,10H,2-3,8-9H2,1H3/b15-10-. The largest absolute Gasteiger partial charge is 0.416 e. The molecule has 0 saturated carbocycles. The topological polar surface area (TPSA) is 72.2 Å². The zero-order chi connectivity index (χ0) is 20.5. The minimum Gasteiger partial charge on any atom is -0.371 e. The van der Waals surface area contributed by atoms with E-state index in [2.05, 4.69) is 9.97 Å². The first-order valence-corrected chi connectivity index (χ1v) is 8.87. The number of hydrogen-bond acceptors (Lipinski definition) is 5. The van der Waals surface area contributed by atoms with Gasteiger partial charge in [0.05, 0.1) is 10.5 Å². The van der Waals surface area contributed by atoms with Crippen LogP contribution in [0.4, 0.5) is 18.9 Å². The Hall–Kier alpha value is -2.68. The van der Waals surface area contributed by atoms with Crippen LogP contribution in [0.5, 0.6) is 0 Å². The van der Waals surface area contributed by atoms with E-state index in [0.717, 1.165) is 25.0 Å². The van der Waals surface area contributed by atoms with Crippen molar-refractivity contribution < 1.29 is 18.1 Å². The molecule has 0 radical (unpaired) electrons. The summed E-state index contributed by atoms with van der Waals surface area (Å²) < 4.78 is 38.6. The highest BCUT2D eigenvalue weighted by Crippen LogP contribution is 2.34. The van der Waals surface area contributed by atoms with Crippen LogP contribution in [0.3, 0.4) is 0 Å². The fourth-order valence-electron chi connectivity index (χ4n) is 3.10. The summed E-state index contributed by atoms with van der Waals surface area (Å²) in [6.45, 7) is 2.94. The lowest BCUT2D eigenvalue weighted by Crippen LogP contribution is -2.18. The zero-order valence-electron chi connectivity index (χ0n) is 14.8. The van der Waals surface area contributed by atoms with Gasteiger partial charge in [0.2, 0.25) is 5.15 Å². The minimum atomic E-state index is -4.44. The summed E-state index contributed by atoms with van der Waals surface area (Å²) in [6, 6.07) is 4.70. The summed E-state index contributed by atoms with van der Waals surface area (Å²) in [5.41, 5.74) is -0.107. The van der Waals surface area contributed by atoms with Crippen LogP contribution in [-0.4, -0.2) is 32.9 Å². The fourth-order valence-corrected chi connectivity index (χ4v) is 3.39. The molecule has 2 heterocycles. The number of nitrogens with zero attached hydrogens (tertiary/aromatic N) is 4. The van der Waals surface area contributed by atoms with Crippen molar-refractivity contribution in [2.75, 3.05) is 13.1 Å². The number of benzene rings is 1. The van der Waals surface area contributed by atoms with Crippen LogP contribution in [-0.2, 0) is 6.18 Å². The first-order valence-electron chi connectivity index (χ1n) is 8.49. The van der Waals surface area contributed by atoms with Crippen molar-refractivity contribution in [2.24, 2.45) is 0 Å². The van der Waals surface area contributed by atoms with Gasteiger partial charge in [-0.05, 0) is 43.5 Å². The Morgan fingerprint density at radius 1 is 1.21 bits per heavy atom. The molecule has 0 spiro atoms. The van der Waals surface area contributed by atoms with Crippen LogP contribution in [0, 0.1) is 17.0 Å². The number of hydrogen-bond donors (Lipinski definition) is 0. The normalized spacial score (nSPS) is 15.2. The van der Waals surface area contributed by atoms with Crippen molar-refractivity contribution >= 4 is 29.1 Å². The number of alkyl halides is 3. The summed E-state index contributed by atoms with van der Waals surface area (Å²) in [7, 11) is 0. The number of rotatable bonds is 4. The summed E-state index contributed by atoms with van der Waals surface area (Å²) in [5.74, 6) is 0.259. The van der Waals surface area contributed by atoms with Crippen molar-refractivity contribution in [3.05, 3.63) is 62.2 Å². The first kappa shape index (κ1) is 20.1. The predicted molar refractivity (Wildman–Crippen MR) is 98.6 cm³/mol. The maximum Gasteiger partial charge on any atom is 0.416 e. The van der Waals surface area contributed by atoms with Crippen molar-refractivity contribution in [2.45, 2.75) is 25.9 Å². The van der Waals surface area contributed by atoms with Gasteiger partial charge in [-0.2, -0.15) is 13.2 Å². The Morgan fingerprint density at radius 3 is 2.36 bits per heavy atom. The molecule has 1 fully saturated rings. The molecule has 1 aliphatic heterocycles. The molecule has 0 bridgehead atoms. The number of halogens is 4. The molecule has 1 aromatic carbocycles. The van der Waals surface area contributed by atoms with Crippen LogP contribution in [0.1, 0.15) is 35.5 Å². The monoisotopic (exact) mass is 412 g/mol. The minimum absolute atomic E-state index is 0.0179. The van der Waals surface area contributed by atoms with Gasteiger partial charge in [0.15, 0.2) is 0 Å². The molecule has 6 nitrogen and oxygen atoms in total. The van der Waals surface area contributed by atoms with E-state index in [1.807, 2.05) is 4.90 Å². The van der Waals surface area contributed by atoms with Crippen molar-refractivity contribution in [1.82, 2.24) is 14.9 Å². The molecule has 0 atom stereocenters. The highest BCUT2D eigenvalue weighted by molar-refractivity contribution is 6.31. The molecule has 1 saturated heterocycles. The number of aryl methyl sites for hydroxylation is 1. The van der Waals surface area contributed by atoms with Crippen LogP contribution >= 0.6 is 11.6 Å². The van der Waals surface area contributed by atoms with Crippen LogP contribution in [0.25, 0.3) is 11.8 Å². The van der Waals surface area contributed by atoms with Gasteiger partial charge in [-0.15, -0.1) is 0 Å².